The largest absolute Gasteiger partial charge is 0.481 e. The van der Waals surface area contributed by atoms with Crippen LogP contribution in [0.4, 0.5) is 0 Å². The Hall–Kier alpha value is -0.860. The third kappa shape index (κ3) is 5.00. The molecule has 0 aromatic rings. The lowest BCUT2D eigenvalue weighted by Crippen LogP contribution is -2.27. The first-order chi connectivity index (χ1) is 6.40. The number of Topliss-reactive ketones (excluding diaryl/α,β-unsaturated/α-hetero) is 1. The third-order valence-electron chi connectivity index (χ3n) is 2.51. The maximum Gasteiger partial charge on any atom is 0.303 e. The highest BCUT2D eigenvalue weighted by Gasteiger charge is 2.29. The lowest BCUT2D eigenvalue weighted by Gasteiger charge is -2.27. The minimum absolute atomic E-state index is 0.00174. The van der Waals surface area contributed by atoms with Crippen molar-refractivity contribution in [2.75, 3.05) is 0 Å². The molecule has 0 aliphatic heterocycles. The minimum atomic E-state index is -0.745. The van der Waals surface area contributed by atoms with E-state index >= 15 is 0 Å². The lowest BCUT2D eigenvalue weighted by atomic mass is 9.76. The van der Waals surface area contributed by atoms with Gasteiger partial charge < -0.3 is 5.11 Å². The maximum atomic E-state index is 11.1. The van der Waals surface area contributed by atoms with Crippen LogP contribution in [-0.4, -0.2) is 16.9 Å². The molecule has 1 rings (SSSR count). The van der Waals surface area contributed by atoms with Gasteiger partial charge in [-0.25, -0.2) is 0 Å². The van der Waals surface area contributed by atoms with E-state index in [1.54, 1.807) is 6.92 Å². The second-order valence-electron chi connectivity index (χ2n) is 4.26. The van der Waals surface area contributed by atoms with Crippen molar-refractivity contribution < 1.29 is 14.7 Å². The van der Waals surface area contributed by atoms with Crippen LogP contribution >= 0.6 is 0 Å². The fraction of sp³-hybridized carbons (Fsp3) is 0.818. The van der Waals surface area contributed by atoms with Gasteiger partial charge in [0.1, 0.15) is 5.78 Å². The first-order valence-corrected chi connectivity index (χ1v) is 5.15. The van der Waals surface area contributed by atoms with Crippen LogP contribution < -0.4 is 0 Å². The van der Waals surface area contributed by atoms with Gasteiger partial charge in [0.15, 0.2) is 0 Å². The molecule has 0 atom stereocenters. The van der Waals surface area contributed by atoms with Gasteiger partial charge >= 0.3 is 5.97 Å². The molecule has 1 aliphatic rings. The first kappa shape index (κ1) is 13.1. The number of hydrogen-bond donors (Lipinski definition) is 1. The minimum Gasteiger partial charge on any atom is -0.481 e. The SMILES string of the molecule is CC1(C)CCCCC1=O.CCC(=O)O. The molecule has 0 saturated heterocycles. The predicted molar refractivity (Wildman–Crippen MR) is 55.2 cm³/mol. The summed E-state index contributed by atoms with van der Waals surface area (Å²) >= 11 is 0. The monoisotopic (exact) mass is 200 g/mol. The smallest absolute Gasteiger partial charge is 0.303 e. The number of carbonyl (C=O) groups is 2. The zero-order valence-electron chi connectivity index (χ0n) is 9.30. The number of carboxylic acids is 1. The van der Waals surface area contributed by atoms with Crippen LogP contribution in [0.25, 0.3) is 0 Å². The van der Waals surface area contributed by atoms with Crippen LogP contribution in [-0.2, 0) is 9.59 Å². The molecular formula is C11H20O3. The van der Waals surface area contributed by atoms with Gasteiger partial charge in [-0.2, -0.15) is 0 Å². The van der Waals surface area contributed by atoms with Crippen LogP contribution in [0.1, 0.15) is 52.9 Å². The Kier molecular flexibility index (Phi) is 5.43. The Balaban J connectivity index is 0.000000292. The van der Waals surface area contributed by atoms with E-state index in [-0.39, 0.29) is 11.8 Å². The van der Waals surface area contributed by atoms with E-state index < -0.39 is 5.97 Å². The Morgan fingerprint density at radius 1 is 1.43 bits per heavy atom. The lowest BCUT2D eigenvalue weighted by molar-refractivity contribution is -0.136. The van der Waals surface area contributed by atoms with Gasteiger partial charge in [-0.3, -0.25) is 9.59 Å². The number of hydrogen-bond acceptors (Lipinski definition) is 2. The van der Waals surface area contributed by atoms with Crippen molar-refractivity contribution in [3.05, 3.63) is 0 Å². The van der Waals surface area contributed by atoms with Crippen molar-refractivity contribution >= 4 is 11.8 Å². The third-order valence-corrected chi connectivity index (χ3v) is 2.51. The molecule has 0 aromatic heterocycles. The summed E-state index contributed by atoms with van der Waals surface area (Å²) in [5, 5.41) is 7.72. The predicted octanol–water partition coefficient (Wildman–Crippen LogP) is 2.64. The van der Waals surface area contributed by atoms with E-state index in [0.717, 1.165) is 19.3 Å². The van der Waals surface area contributed by atoms with Crippen LogP contribution in [0.5, 0.6) is 0 Å². The topological polar surface area (TPSA) is 54.4 Å². The van der Waals surface area contributed by atoms with Crippen LogP contribution in [0.2, 0.25) is 0 Å². The number of aliphatic carboxylic acids is 1. The molecule has 0 unspecified atom stereocenters. The molecule has 3 nitrogen and oxygen atoms in total. The number of carbonyl (C=O) groups excluding carboxylic acids is 1. The van der Waals surface area contributed by atoms with E-state index in [1.807, 2.05) is 0 Å². The molecule has 1 N–H and O–H groups in total. The fourth-order valence-electron chi connectivity index (χ4n) is 1.33. The van der Waals surface area contributed by atoms with Gasteiger partial charge in [0.05, 0.1) is 0 Å². The van der Waals surface area contributed by atoms with Crippen LogP contribution in [0.3, 0.4) is 0 Å². The summed E-state index contributed by atoms with van der Waals surface area (Å²) in [6, 6.07) is 0. The Bertz CT molecular complexity index is 207. The molecule has 1 fully saturated rings. The highest BCUT2D eigenvalue weighted by atomic mass is 16.4. The molecule has 0 radical (unpaired) electrons. The second-order valence-corrected chi connectivity index (χ2v) is 4.26. The zero-order valence-corrected chi connectivity index (χ0v) is 9.30. The average molecular weight is 200 g/mol. The van der Waals surface area contributed by atoms with E-state index in [4.69, 9.17) is 5.11 Å². The highest BCUT2D eigenvalue weighted by Crippen LogP contribution is 2.31. The van der Waals surface area contributed by atoms with Crippen molar-refractivity contribution in [1.82, 2.24) is 0 Å². The molecule has 3 heteroatoms. The Labute approximate surface area is 85.5 Å². The molecule has 0 heterocycles. The van der Waals surface area contributed by atoms with Crippen molar-refractivity contribution in [1.29, 1.82) is 0 Å². The quantitative estimate of drug-likeness (QED) is 0.708. The van der Waals surface area contributed by atoms with Gasteiger partial charge in [-0.05, 0) is 12.8 Å². The van der Waals surface area contributed by atoms with Crippen molar-refractivity contribution in [3.63, 3.8) is 0 Å². The zero-order chi connectivity index (χ0) is 11.2. The summed E-state index contributed by atoms with van der Waals surface area (Å²) in [5.74, 6) is -0.293. The Morgan fingerprint density at radius 2 is 1.93 bits per heavy atom. The summed E-state index contributed by atoms with van der Waals surface area (Å²) in [4.78, 5) is 20.5. The van der Waals surface area contributed by atoms with Gasteiger partial charge in [-0.15, -0.1) is 0 Å². The van der Waals surface area contributed by atoms with Gasteiger partial charge in [0.2, 0.25) is 0 Å². The number of ketones is 1. The molecular weight excluding hydrogens is 180 g/mol. The summed E-state index contributed by atoms with van der Waals surface area (Å²) < 4.78 is 0. The van der Waals surface area contributed by atoms with E-state index in [2.05, 4.69) is 13.8 Å². The maximum absolute atomic E-state index is 11.1. The average Bonchev–Trinajstić information content (AvgIpc) is 2.11. The normalized spacial score (nSPS) is 19.5. The molecule has 1 saturated carbocycles. The van der Waals surface area contributed by atoms with Crippen LogP contribution in [0.15, 0.2) is 0 Å². The molecule has 1 aliphatic carbocycles. The van der Waals surface area contributed by atoms with E-state index in [1.165, 1.54) is 6.42 Å². The van der Waals surface area contributed by atoms with Crippen molar-refractivity contribution in [3.8, 4) is 0 Å². The fourth-order valence-corrected chi connectivity index (χ4v) is 1.33. The molecule has 0 aromatic carbocycles. The van der Waals surface area contributed by atoms with Gasteiger partial charge in [0, 0.05) is 18.3 Å². The highest BCUT2D eigenvalue weighted by molar-refractivity contribution is 5.84. The first-order valence-electron chi connectivity index (χ1n) is 5.15. The molecule has 0 spiro atoms. The summed E-state index contributed by atoms with van der Waals surface area (Å²) in [6.07, 6.45) is 4.47. The standard InChI is InChI=1S/C8H14O.C3H6O2/c1-8(2)6-4-3-5-7(8)9;1-2-3(4)5/h3-6H2,1-2H3;2H2,1H3,(H,4,5). The van der Waals surface area contributed by atoms with Gasteiger partial charge in [0.25, 0.3) is 0 Å². The Morgan fingerprint density at radius 3 is 2.14 bits per heavy atom. The van der Waals surface area contributed by atoms with Crippen molar-refractivity contribution in [2.45, 2.75) is 52.9 Å². The van der Waals surface area contributed by atoms with E-state index in [0.29, 0.717) is 5.78 Å². The summed E-state index contributed by atoms with van der Waals surface area (Å²) in [5.41, 5.74) is -0.00174. The second kappa shape index (κ2) is 5.78. The molecule has 82 valence electrons. The molecule has 0 amide bonds. The molecule has 14 heavy (non-hydrogen) atoms. The molecule has 0 bridgehead atoms. The van der Waals surface area contributed by atoms with Crippen LogP contribution in [0, 0.1) is 5.41 Å². The van der Waals surface area contributed by atoms with E-state index in [9.17, 15) is 9.59 Å². The summed E-state index contributed by atoms with van der Waals surface area (Å²) in [6.45, 7) is 5.70. The van der Waals surface area contributed by atoms with Crippen molar-refractivity contribution in [2.24, 2.45) is 5.41 Å². The number of rotatable bonds is 1. The summed E-state index contributed by atoms with van der Waals surface area (Å²) in [7, 11) is 0. The van der Waals surface area contributed by atoms with Gasteiger partial charge in [-0.1, -0.05) is 27.2 Å². The number of carboxylic acid groups (broad SMARTS) is 1.